The van der Waals surface area contributed by atoms with Crippen LogP contribution in [0.2, 0.25) is 0 Å². The van der Waals surface area contributed by atoms with Crippen LogP contribution in [0.25, 0.3) is 0 Å². The fraction of sp³-hybridized carbons (Fsp3) is 0.452. The third-order valence-corrected chi connectivity index (χ3v) is 6.96. The van der Waals surface area contributed by atoms with Crippen molar-refractivity contribution in [2.24, 2.45) is 5.92 Å². The molecule has 1 aliphatic carbocycles. The molecule has 0 radical (unpaired) electrons. The number of hydrogen-bond donors (Lipinski definition) is 0. The van der Waals surface area contributed by atoms with Crippen molar-refractivity contribution in [1.29, 1.82) is 0 Å². The van der Waals surface area contributed by atoms with E-state index in [9.17, 15) is 14.4 Å². The number of ether oxygens (including phenoxy) is 3. The lowest BCUT2D eigenvalue weighted by Gasteiger charge is -2.29. The van der Waals surface area contributed by atoms with Crippen LogP contribution < -0.4 is 4.74 Å². The first-order chi connectivity index (χ1) is 17.9. The molecule has 2 aromatic rings. The van der Waals surface area contributed by atoms with Gasteiger partial charge >= 0.3 is 17.9 Å². The minimum atomic E-state index is -0.671. The van der Waals surface area contributed by atoms with Gasteiger partial charge in [-0.25, -0.2) is 14.4 Å². The average Bonchev–Trinajstić information content (AvgIpc) is 2.92. The predicted molar refractivity (Wildman–Crippen MR) is 142 cm³/mol. The van der Waals surface area contributed by atoms with Gasteiger partial charge < -0.3 is 14.2 Å². The van der Waals surface area contributed by atoms with Gasteiger partial charge in [0.2, 0.25) is 6.79 Å². The molecule has 0 saturated heterocycles. The van der Waals surface area contributed by atoms with E-state index in [1.165, 1.54) is 94.5 Å². The van der Waals surface area contributed by atoms with E-state index in [1.807, 2.05) is 12.1 Å². The molecule has 6 heteroatoms. The molecule has 0 unspecified atom stereocenters. The average molecular weight is 507 g/mol. The molecule has 1 fully saturated rings. The standard InChI is InChI=1S/C31H38O6/c1-4-5-6-7-8-23-9-11-24(12-10-23)25-17-19-28(20-18-25)37-31(34)27-15-13-26(14-16-27)30(33)36-21-35-29(32)22(2)3/h13-20,23-24H,2,4-12,21H2,1,3H3. The summed E-state index contributed by atoms with van der Waals surface area (Å²) in [6, 6.07) is 13.7. The maximum Gasteiger partial charge on any atom is 0.343 e. The van der Waals surface area contributed by atoms with Gasteiger partial charge in [0.25, 0.3) is 0 Å². The van der Waals surface area contributed by atoms with Gasteiger partial charge in [-0.1, -0.05) is 57.7 Å². The monoisotopic (exact) mass is 506 g/mol. The van der Waals surface area contributed by atoms with Crippen molar-refractivity contribution in [2.45, 2.75) is 77.6 Å². The van der Waals surface area contributed by atoms with Crippen LogP contribution in [0, 0.1) is 5.92 Å². The van der Waals surface area contributed by atoms with Gasteiger partial charge in [-0.15, -0.1) is 0 Å². The number of esters is 3. The zero-order chi connectivity index (χ0) is 26.6. The highest BCUT2D eigenvalue weighted by atomic mass is 16.7. The van der Waals surface area contributed by atoms with Crippen molar-refractivity contribution in [3.05, 3.63) is 77.4 Å². The second-order valence-corrected chi connectivity index (χ2v) is 9.86. The highest BCUT2D eigenvalue weighted by Crippen LogP contribution is 2.38. The summed E-state index contributed by atoms with van der Waals surface area (Å²) in [6.45, 7) is 6.69. The molecule has 1 aliphatic rings. The molecule has 0 atom stereocenters. The Morgan fingerprint density at radius 2 is 1.43 bits per heavy atom. The Kier molecular flexibility index (Phi) is 10.9. The van der Waals surface area contributed by atoms with E-state index in [1.54, 1.807) is 0 Å². The Labute approximate surface area is 220 Å². The van der Waals surface area contributed by atoms with Crippen molar-refractivity contribution in [1.82, 2.24) is 0 Å². The van der Waals surface area contributed by atoms with Crippen LogP contribution in [0.5, 0.6) is 5.75 Å². The summed E-state index contributed by atoms with van der Waals surface area (Å²) >= 11 is 0. The third kappa shape index (κ3) is 8.88. The van der Waals surface area contributed by atoms with Gasteiger partial charge in [-0.05, 0) is 86.4 Å². The van der Waals surface area contributed by atoms with E-state index in [0.29, 0.717) is 17.2 Å². The molecule has 0 aromatic heterocycles. The van der Waals surface area contributed by atoms with Gasteiger partial charge in [0, 0.05) is 5.57 Å². The topological polar surface area (TPSA) is 78.9 Å². The molecular formula is C31H38O6. The zero-order valence-electron chi connectivity index (χ0n) is 22.0. The number of hydrogen-bond acceptors (Lipinski definition) is 6. The molecule has 3 rings (SSSR count). The second kappa shape index (κ2) is 14.4. The summed E-state index contributed by atoms with van der Waals surface area (Å²) in [4.78, 5) is 35.9. The molecule has 37 heavy (non-hydrogen) atoms. The third-order valence-electron chi connectivity index (χ3n) is 6.96. The van der Waals surface area contributed by atoms with E-state index < -0.39 is 24.7 Å². The largest absolute Gasteiger partial charge is 0.425 e. The van der Waals surface area contributed by atoms with Crippen molar-refractivity contribution >= 4 is 17.9 Å². The minimum Gasteiger partial charge on any atom is -0.425 e. The zero-order valence-corrected chi connectivity index (χ0v) is 22.0. The number of unbranched alkanes of at least 4 members (excludes halogenated alkanes) is 3. The molecule has 2 aromatic carbocycles. The Morgan fingerprint density at radius 1 is 0.811 bits per heavy atom. The fourth-order valence-electron chi connectivity index (χ4n) is 4.70. The van der Waals surface area contributed by atoms with Crippen molar-refractivity contribution in [2.75, 3.05) is 6.79 Å². The lowest BCUT2D eigenvalue weighted by Crippen LogP contribution is -2.14. The van der Waals surface area contributed by atoms with E-state index in [0.717, 1.165) is 5.92 Å². The molecule has 0 N–H and O–H groups in total. The normalized spacial score (nSPS) is 17.0. The number of rotatable bonds is 12. The van der Waals surface area contributed by atoms with Crippen molar-refractivity contribution in [3.63, 3.8) is 0 Å². The Bertz CT molecular complexity index is 1050. The number of benzene rings is 2. The summed E-state index contributed by atoms with van der Waals surface area (Å²) < 4.78 is 15.2. The van der Waals surface area contributed by atoms with E-state index in [4.69, 9.17) is 14.2 Å². The Balaban J connectivity index is 1.44. The SMILES string of the molecule is C=C(C)C(=O)OCOC(=O)c1ccc(C(=O)Oc2ccc(C3CCC(CCCCCC)CC3)cc2)cc1. The first kappa shape index (κ1) is 28.2. The second-order valence-electron chi connectivity index (χ2n) is 9.86. The Hall–Kier alpha value is -3.41. The van der Waals surface area contributed by atoms with Crippen LogP contribution in [0.1, 0.15) is 104 Å². The van der Waals surface area contributed by atoms with Gasteiger partial charge in [0.1, 0.15) is 5.75 Å². The Morgan fingerprint density at radius 3 is 2.03 bits per heavy atom. The highest BCUT2D eigenvalue weighted by Gasteiger charge is 2.22. The number of carbonyl (C=O) groups excluding carboxylic acids is 3. The van der Waals surface area contributed by atoms with Gasteiger partial charge in [0.15, 0.2) is 0 Å². The van der Waals surface area contributed by atoms with Crippen LogP contribution in [-0.4, -0.2) is 24.7 Å². The molecular weight excluding hydrogens is 468 g/mol. The fourth-order valence-corrected chi connectivity index (χ4v) is 4.70. The molecule has 0 amide bonds. The van der Waals surface area contributed by atoms with Gasteiger partial charge in [0.05, 0.1) is 11.1 Å². The van der Waals surface area contributed by atoms with E-state index in [-0.39, 0.29) is 11.1 Å². The van der Waals surface area contributed by atoms with Crippen LogP contribution in [0.3, 0.4) is 0 Å². The van der Waals surface area contributed by atoms with Crippen LogP contribution >= 0.6 is 0 Å². The molecule has 0 aliphatic heterocycles. The van der Waals surface area contributed by atoms with Crippen molar-refractivity contribution in [3.8, 4) is 5.75 Å². The minimum absolute atomic E-state index is 0.212. The molecule has 1 saturated carbocycles. The molecule has 0 heterocycles. The van der Waals surface area contributed by atoms with Gasteiger partial charge in [-0.2, -0.15) is 0 Å². The van der Waals surface area contributed by atoms with Crippen LogP contribution in [-0.2, 0) is 14.3 Å². The summed E-state index contributed by atoms with van der Waals surface area (Å²) in [6.07, 6.45) is 11.8. The van der Waals surface area contributed by atoms with Crippen LogP contribution in [0.15, 0.2) is 60.7 Å². The van der Waals surface area contributed by atoms with Crippen LogP contribution in [0.4, 0.5) is 0 Å². The summed E-state index contributed by atoms with van der Waals surface area (Å²) in [5.74, 6) is 0.122. The maximum atomic E-state index is 12.6. The number of carbonyl (C=O) groups is 3. The smallest absolute Gasteiger partial charge is 0.343 e. The predicted octanol–water partition coefficient (Wildman–Crippen LogP) is 7.38. The summed E-state index contributed by atoms with van der Waals surface area (Å²) in [5, 5.41) is 0. The van der Waals surface area contributed by atoms with E-state index in [2.05, 4.69) is 25.6 Å². The van der Waals surface area contributed by atoms with Gasteiger partial charge in [-0.3, -0.25) is 0 Å². The first-order valence-electron chi connectivity index (χ1n) is 13.3. The highest BCUT2D eigenvalue weighted by molar-refractivity contribution is 5.94. The van der Waals surface area contributed by atoms with E-state index >= 15 is 0 Å². The lowest BCUT2D eigenvalue weighted by molar-refractivity contribution is -0.147. The van der Waals surface area contributed by atoms with Crippen molar-refractivity contribution < 1.29 is 28.6 Å². The molecule has 0 spiro atoms. The summed E-state index contributed by atoms with van der Waals surface area (Å²) in [7, 11) is 0. The lowest BCUT2D eigenvalue weighted by atomic mass is 9.77. The summed E-state index contributed by atoms with van der Waals surface area (Å²) in [5.41, 5.74) is 2.06. The maximum absolute atomic E-state index is 12.6. The molecule has 0 bridgehead atoms. The molecule has 198 valence electrons. The molecule has 6 nitrogen and oxygen atoms in total. The first-order valence-corrected chi connectivity index (χ1v) is 13.3. The quantitative estimate of drug-likeness (QED) is 0.0982.